The molecular formula is C25H30N2O3. The lowest BCUT2D eigenvalue weighted by atomic mass is 9.77. The molecule has 2 aromatic carbocycles. The van der Waals surface area contributed by atoms with Crippen LogP contribution in [0.25, 0.3) is 0 Å². The minimum Gasteiger partial charge on any atom is -0.469 e. The molecule has 0 aromatic heterocycles. The number of amides is 1. The first-order valence-electron chi connectivity index (χ1n) is 10.8. The fraction of sp³-hybridized carbons (Fsp3) is 0.440. The van der Waals surface area contributed by atoms with Crippen LogP contribution in [-0.4, -0.2) is 61.5 Å². The third-order valence-corrected chi connectivity index (χ3v) is 6.52. The molecule has 30 heavy (non-hydrogen) atoms. The van der Waals surface area contributed by atoms with E-state index >= 15 is 0 Å². The van der Waals surface area contributed by atoms with Crippen LogP contribution in [0.1, 0.15) is 36.3 Å². The van der Waals surface area contributed by atoms with E-state index in [-0.39, 0.29) is 30.1 Å². The molecule has 0 N–H and O–H groups in total. The number of benzene rings is 2. The van der Waals surface area contributed by atoms with Gasteiger partial charge in [-0.2, -0.15) is 0 Å². The predicted octanol–water partition coefficient (Wildman–Crippen LogP) is 3.31. The fourth-order valence-corrected chi connectivity index (χ4v) is 4.94. The van der Waals surface area contributed by atoms with Gasteiger partial charge in [0, 0.05) is 50.5 Å². The van der Waals surface area contributed by atoms with Gasteiger partial charge in [-0.05, 0) is 17.5 Å². The molecule has 5 heteroatoms. The molecule has 158 valence electrons. The van der Waals surface area contributed by atoms with Gasteiger partial charge in [0.2, 0.25) is 5.91 Å². The number of methoxy groups -OCH3 is 1. The van der Waals surface area contributed by atoms with E-state index < -0.39 is 0 Å². The van der Waals surface area contributed by atoms with E-state index in [2.05, 4.69) is 70.3 Å². The number of nitrogens with zero attached hydrogens (tertiary/aromatic N) is 2. The van der Waals surface area contributed by atoms with Gasteiger partial charge < -0.3 is 14.5 Å². The molecule has 5 nitrogen and oxygen atoms in total. The number of ether oxygens (including phenoxy) is 1. The van der Waals surface area contributed by atoms with Crippen LogP contribution in [0, 0.1) is 5.41 Å². The summed E-state index contributed by atoms with van der Waals surface area (Å²) >= 11 is 0. The largest absolute Gasteiger partial charge is 0.469 e. The SMILES string of the molecule is COC(=O)CCC(=O)N1CCC2(CN(CC(c3ccccc3)c3ccccc3)C2)C1. The van der Waals surface area contributed by atoms with Gasteiger partial charge in [-0.25, -0.2) is 0 Å². The molecule has 2 fully saturated rings. The van der Waals surface area contributed by atoms with Crippen molar-refractivity contribution >= 4 is 11.9 Å². The maximum atomic E-state index is 12.4. The molecule has 0 unspecified atom stereocenters. The molecule has 4 rings (SSSR count). The molecule has 0 aliphatic carbocycles. The number of esters is 1. The van der Waals surface area contributed by atoms with E-state index in [4.69, 9.17) is 0 Å². The summed E-state index contributed by atoms with van der Waals surface area (Å²) in [7, 11) is 1.36. The molecule has 0 atom stereocenters. The first-order chi connectivity index (χ1) is 14.6. The Bertz CT molecular complexity index is 823. The minimum atomic E-state index is -0.319. The maximum absolute atomic E-state index is 12.4. The zero-order valence-corrected chi connectivity index (χ0v) is 17.6. The van der Waals surface area contributed by atoms with Crippen molar-refractivity contribution in [2.45, 2.75) is 25.2 Å². The Labute approximate surface area is 178 Å². The number of carbonyl (C=O) groups excluding carboxylic acids is 2. The molecule has 2 aliphatic rings. The van der Waals surface area contributed by atoms with Gasteiger partial charge in [0.15, 0.2) is 0 Å². The summed E-state index contributed by atoms with van der Waals surface area (Å²) in [5.74, 6) is 0.103. The highest BCUT2D eigenvalue weighted by molar-refractivity contribution is 5.81. The molecule has 0 bridgehead atoms. The number of hydrogen-bond donors (Lipinski definition) is 0. The van der Waals surface area contributed by atoms with E-state index in [0.29, 0.717) is 5.92 Å². The van der Waals surface area contributed by atoms with Crippen molar-refractivity contribution < 1.29 is 14.3 Å². The second kappa shape index (κ2) is 9.00. The molecule has 2 aromatic rings. The van der Waals surface area contributed by atoms with Crippen LogP contribution < -0.4 is 0 Å². The summed E-state index contributed by atoms with van der Waals surface area (Å²) in [5, 5.41) is 0. The van der Waals surface area contributed by atoms with Crippen LogP contribution >= 0.6 is 0 Å². The van der Waals surface area contributed by atoms with Crippen LogP contribution in [0.5, 0.6) is 0 Å². The van der Waals surface area contributed by atoms with E-state index in [1.807, 2.05) is 4.90 Å². The summed E-state index contributed by atoms with van der Waals surface area (Å²) in [6.45, 7) is 4.67. The third kappa shape index (κ3) is 4.57. The van der Waals surface area contributed by atoms with Crippen molar-refractivity contribution in [2.24, 2.45) is 5.41 Å². The molecule has 0 radical (unpaired) electrons. The average Bonchev–Trinajstić information content (AvgIpc) is 3.22. The fourth-order valence-electron chi connectivity index (χ4n) is 4.94. The van der Waals surface area contributed by atoms with E-state index in [1.54, 1.807) is 0 Å². The predicted molar refractivity (Wildman–Crippen MR) is 116 cm³/mol. The van der Waals surface area contributed by atoms with E-state index in [1.165, 1.54) is 18.2 Å². The van der Waals surface area contributed by atoms with E-state index in [0.717, 1.165) is 39.1 Å². The van der Waals surface area contributed by atoms with Crippen molar-refractivity contribution in [1.29, 1.82) is 0 Å². The van der Waals surface area contributed by atoms with Crippen molar-refractivity contribution in [3.05, 3.63) is 71.8 Å². The Kier molecular flexibility index (Phi) is 6.18. The highest BCUT2D eigenvalue weighted by Gasteiger charge is 2.48. The van der Waals surface area contributed by atoms with Gasteiger partial charge in [0.1, 0.15) is 0 Å². The van der Waals surface area contributed by atoms with Crippen LogP contribution in [0.4, 0.5) is 0 Å². The lowest BCUT2D eigenvalue weighted by Gasteiger charge is -2.49. The molecular weight excluding hydrogens is 376 g/mol. The van der Waals surface area contributed by atoms with Gasteiger partial charge in [-0.3, -0.25) is 9.59 Å². The summed E-state index contributed by atoms with van der Waals surface area (Å²) < 4.78 is 4.64. The summed E-state index contributed by atoms with van der Waals surface area (Å²) in [4.78, 5) is 28.2. The standard InChI is InChI=1S/C25H30N2O3/c1-30-24(29)13-12-23(28)27-15-14-25(19-27)17-26(18-25)16-22(20-8-4-2-5-9-20)21-10-6-3-7-11-21/h2-11,22H,12-19H2,1H3. The topological polar surface area (TPSA) is 49.9 Å². The van der Waals surface area contributed by atoms with Gasteiger partial charge in [0.25, 0.3) is 0 Å². The average molecular weight is 407 g/mol. The molecule has 0 saturated carbocycles. The van der Waals surface area contributed by atoms with Crippen LogP contribution in [0.3, 0.4) is 0 Å². The Balaban J connectivity index is 1.34. The van der Waals surface area contributed by atoms with Gasteiger partial charge in [-0.15, -0.1) is 0 Å². The number of rotatable bonds is 7. The van der Waals surface area contributed by atoms with Crippen molar-refractivity contribution in [2.75, 3.05) is 39.8 Å². The highest BCUT2D eigenvalue weighted by Crippen LogP contribution is 2.41. The first kappa shape index (κ1) is 20.6. The smallest absolute Gasteiger partial charge is 0.306 e. The van der Waals surface area contributed by atoms with Gasteiger partial charge in [-0.1, -0.05) is 60.7 Å². The minimum absolute atomic E-state index is 0.0715. The van der Waals surface area contributed by atoms with Crippen molar-refractivity contribution in [3.8, 4) is 0 Å². The van der Waals surface area contributed by atoms with E-state index in [9.17, 15) is 9.59 Å². The first-order valence-corrected chi connectivity index (χ1v) is 10.8. The quantitative estimate of drug-likeness (QED) is 0.662. The van der Waals surface area contributed by atoms with Gasteiger partial charge in [0.05, 0.1) is 13.5 Å². The number of likely N-dealkylation sites (tertiary alicyclic amines) is 2. The zero-order valence-electron chi connectivity index (χ0n) is 17.6. The summed E-state index contributed by atoms with van der Waals surface area (Å²) in [6.07, 6.45) is 1.46. The Morgan fingerprint density at radius 2 is 1.53 bits per heavy atom. The molecule has 2 saturated heterocycles. The summed E-state index contributed by atoms with van der Waals surface area (Å²) in [6, 6.07) is 21.4. The Morgan fingerprint density at radius 1 is 0.933 bits per heavy atom. The third-order valence-electron chi connectivity index (χ3n) is 6.52. The zero-order chi connectivity index (χ0) is 21.0. The number of hydrogen-bond acceptors (Lipinski definition) is 4. The molecule has 1 spiro atoms. The van der Waals surface area contributed by atoms with Crippen LogP contribution in [0.2, 0.25) is 0 Å². The summed E-state index contributed by atoms with van der Waals surface area (Å²) in [5.41, 5.74) is 2.91. The Morgan fingerprint density at radius 3 is 2.10 bits per heavy atom. The van der Waals surface area contributed by atoms with Crippen LogP contribution in [-0.2, 0) is 14.3 Å². The molecule has 2 aliphatic heterocycles. The second-order valence-electron chi connectivity index (χ2n) is 8.69. The Hall–Kier alpha value is -2.66. The van der Waals surface area contributed by atoms with Crippen LogP contribution in [0.15, 0.2) is 60.7 Å². The lowest BCUT2D eigenvalue weighted by Crippen LogP contribution is -2.58. The van der Waals surface area contributed by atoms with Gasteiger partial charge >= 0.3 is 5.97 Å². The number of carbonyl (C=O) groups is 2. The normalized spacial score (nSPS) is 17.9. The molecule has 1 amide bonds. The molecule has 2 heterocycles. The second-order valence-corrected chi connectivity index (χ2v) is 8.69. The van der Waals surface area contributed by atoms with Crippen molar-refractivity contribution in [3.63, 3.8) is 0 Å². The lowest BCUT2D eigenvalue weighted by molar-refractivity contribution is -0.143. The maximum Gasteiger partial charge on any atom is 0.306 e. The highest BCUT2D eigenvalue weighted by atomic mass is 16.5. The van der Waals surface area contributed by atoms with Crippen molar-refractivity contribution in [1.82, 2.24) is 9.80 Å². The monoisotopic (exact) mass is 406 g/mol.